The van der Waals surface area contributed by atoms with E-state index in [0.29, 0.717) is 27.9 Å². The molecule has 4 aliphatic carbocycles. The normalized spacial score (nSPS) is 33.3. The van der Waals surface area contributed by atoms with Gasteiger partial charge in [0.2, 0.25) is 5.91 Å². The molecule has 4 fully saturated rings. The van der Waals surface area contributed by atoms with E-state index in [1.807, 2.05) is 0 Å². The van der Waals surface area contributed by atoms with Crippen LogP contribution in [0.2, 0.25) is 0 Å². The van der Waals surface area contributed by atoms with Gasteiger partial charge < -0.3 is 9.50 Å². The van der Waals surface area contributed by atoms with Crippen molar-refractivity contribution in [3.05, 3.63) is 22.7 Å². The van der Waals surface area contributed by atoms with Crippen LogP contribution >= 0.6 is 15.9 Å². The highest BCUT2D eigenvalue weighted by Crippen LogP contribution is 2.60. The maximum atomic E-state index is 13.0. The summed E-state index contributed by atoms with van der Waals surface area (Å²) in [5.74, 6) is 2.30. The molecular weight excluding hydrogens is 408 g/mol. The number of hydrogen-bond acceptors (Lipinski definition) is 4. The van der Waals surface area contributed by atoms with E-state index in [0.717, 1.165) is 19.3 Å². The van der Waals surface area contributed by atoms with Crippen molar-refractivity contribution in [3.8, 4) is 5.75 Å². The summed E-state index contributed by atoms with van der Waals surface area (Å²) in [5, 5.41) is 7.91. The second-order valence-electron chi connectivity index (χ2n) is 7.87. The van der Waals surface area contributed by atoms with Crippen LogP contribution in [0, 0.1) is 23.2 Å². The summed E-state index contributed by atoms with van der Waals surface area (Å²) in [6.07, 6.45) is 6.86. The van der Waals surface area contributed by atoms with Crippen molar-refractivity contribution < 1.29 is 17.4 Å². The zero-order chi connectivity index (χ0) is 17.8. The number of rotatable bonds is 4. The van der Waals surface area contributed by atoms with Crippen molar-refractivity contribution in [2.45, 2.75) is 38.5 Å². The van der Waals surface area contributed by atoms with Crippen molar-refractivity contribution in [2.24, 2.45) is 28.3 Å². The largest absolute Gasteiger partial charge is 0.380 e. The number of carbonyl (C=O) groups excluding carboxylic acids is 1. The van der Waals surface area contributed by atoms with Crippen LogP contribution in [0.3, 0.4) is 0 Å². The Labute approximate surface area is 155 Å². The molecule has 5 rings (SSSR count). The summed E-state index contributed by atoms with van der Waals surface area (Å²) < 4.78 is 27.2. The van der Waals surface area contributed by atoms with Crippen LogP contribution in [0.4, 0.5) is 5.69 Å². The highest BCUT2D eigenvalue weighted by atomic mass is 79.9. The Balaban J connectivity index is 1.51. The summed E-state index contributed by atoms with van der Waals surface area (Å²) in [6, 6.07) is 4.74. The molecule has 1 amide bonds. The molecule has 0 unspecified atom stereocenters. The maximum absolute atomic E-state index is 13.0. The predicted octanol–water partition coefficient (Wildman–Crippen LogP) is 3.19. The van der Waals surface area contributed by atoms with Gasteiger partial charge >= 0.3 is 10.3 Å². The Hall–Kier alpha value is -1.12. The number of amides is 1. The third-order valence-electron chi connectivity index (χ3n) is 5.92. The molecule has 1 aromatic carbocycles. The van der Waals surface area contributed by atoms with Crippen LogP contribution in [-0.4, -0.2) is 14.3 Å². The number of nitrogens with one attached hydrogen (secondary N) is 1. The monoisotopic (exact) mass is 428 g/mol. The Morgan fingerprint density at radius 3 is 2.20 bits per heavy atom. The molecule has 0 heterocycles. The zero-order valence-corrected chi connectivity index (χ0v) is 16.1. The number of hydrogen-bond donors (Lipinski definition) is 2. The number of nitrogens with two attached hydrogens (primary N) is 1. The quantitative estimate of drug-likeness (QED) is 0.768. The second kappa shape index (κ2) is 5.96. The van der Waals surface area contributed by atoms with Gasteiger partial charge in [0.05, 0.1) is 9.89 Å². The smallest absolute Gasteiger partial charge is 0.370 e. The minimum atomic E-state index is -4.08. The molecule has 4 aliphatic rings. The molecule has 0 aliphatic heterocycles. The fourth-order valence-electron chi connectivity index (χ4n) is 5.42. The fraction of sp³-hybridized carbons (Fsp3) is 0.588. The van der Waals surface area contributed by atoms with Crippen LogP contribution in [0.1, 0.15) is 38.5 Å². The van der Waals surface area contributed by atoms with Gasteiger partial charge in [-0.25, -0.2) is 0 Å². The van der Waals surface area contributed by atoms with Gasteiger partial charge in [0.1, 0.15) is 0 Å². The third-order valence-corrected chi connectivity index (χ3v) is 6.95. The molecule has 1 aromatic rings. The van der Waals surface area contributed by atoms with Crippen molar-refractivity contribution in [1.82, 2.24) is 0 Å². The van der Waals surface area contributed by atoms with Crippen LogP contribution in [0.25, 0.3) is 0 Å². The minimum Gasteiger partial charge on any atom is -0.370 e. The van der Waals surface area contributed by atoms with Gasteiger partial charge in [-0.3, -0.25) is 4.79 Å². The number of halogens is 1. The number of anilines is 1. The van der Waals surface area contributed by atoms with Gasteiger partial charge in [0.25, 0.3) is 0 Å². The van der Waals surface area contributed by atoms with Crippen LogP contribution in [0.5, 0.6) is 5.75 Å². The molecule has 4 bridgehead atoms. The fourth-order valence-corrected chi connectivity index (χ4v) is 6.39. The SMILES string of the molecule is NS(=O)(=O)Oc1ccc(NC(=O)C23CC4CC(CC(C4)C2)C3)cc1Br. The van der Waals surface area contributed by atoms with Gasteiger partial charge in [-0.05, 0) is 90.4 Å². The van der Waals surface area contributed by atoms with E-state index in [1.165, 1.54) is 25.3 Å². The first-order valence-corrected chi connectivity index (χ1v) is 10.8. The highest BCUT2D eigenvalue weighted by molar-refractivity contribution is 9.10. The van der Waals surface area contributed by atoms with E-state index in [-0.39, 0.29) is 17.1 Å². The first-order valence-electron chi connectivity index (χ1n) is 8.56. The molecule has 25 heavy (non-hydrogen) atoms. The van der Waals surface area contributed by atoms with Crippen LogP contribution in [-0.2, 0) is 15.1 Å². The first-order chi connectivity index (χ1) is 11.7. The lowest BCUT2D eigenvalue weighted by atomic mass is 9.49. The van der Waals surface area contributed by atoms with Crippen LogP contribution in [0.15, 0.2) is 22.7 Å². The van der Waals surface area contributed by atoms with Crippen molar-refractivity contribution in [1.29, 1.82) is 0 Å². The van der Waals surface area contributed by atoms with Gasteiger partial charge in [0, 0.05) is 5.69 Å². The standard InChI is InChI=1S/C17H21BrN2O4S/c18-14-6-13(1-2-15(14)24-25(19,22)23)20-16(21)17-7-10-3-11(8-17)5-12(4-10)9-17/h1-2,6,10-12H,3-5,7-9H2,(H,20,21)(H2,19,22,23). The van der Waals surface area contributed by atoms with E-state index >= 15 is 0 Å². The average Bonchev–Trinajstić information content (AvgIpc) is 2.47. The molecule has 0 saturated heterocycles. The summed E-state index contributed by atoms with van der Waals surface area (Å²) >= 11 is 3.26. The Bertz CT molecular complexity index is 789. The summed E-state index contributed by atoms with van der Waals surface area (Å²) in [4.78, 5) is 13.0. The van der Waals surface area contributed by atoms with E-state index in [2.05, 4.69) is 25.4 Å². The Morgan fingerprint density at radius 1 is 1.16 bits per heavy atom. The Kier molecular flexibility index (Phi) is 4.12. The summed E-state index contributed by atoms with van der Waals surface area (Å²) in [6.45, 7) is 0. The molecule has 0 spiro atoms. The van der Waals surface area contributed by atoms with E-state index in [9.17, 15) is 13.2 Å². The molecule has 0 atom stereocenters. The van der Waals surface area contributed by atoms with Crippen molar-refractivity contribution in [2.75, 3.05) is 5.32 Å². The summed E-state index contributed by atoms with van der Waals surface area (Å²) in [7, 11) is -4.08. The maximum Gasteiger partial charge on any atom is 0.380 e. The topological polar surface area (TPSA) is 98.5 Å². The van der Waals surface area contributed by atoms with Gasteiger partial charge in [-0.15, -0.1) is 0 Å². The molecule has 4 saturated carbocycles. The van der Waals surface area contributed by atoms with E-state index < -0.39 is 10.3 Å². The van der Waals surface area contributed by atoms with E-state index in [4.69, 9.17) is 5.14 Å². The van der Waals surface area contributed by atoms with Crippen molar-refractivity contribution >= 4 is 37.8 Å². The summed E-state index contributed by atoms with van der Waals surface area (Å²) in [5.41, 5.74) is 0.395. The van der Waals surface area contributed by atoms with Gasteiger partial charge in [-0.1, -0.05) is 0 Å². The second-order valence-corrected chi connectivity index (χ2v) is 9.88. The molecule has 6 nitrogen and oxygen atoms in total. The average molecular weight is 429 g/mol. The van der Waals surface area contributed by atoms with Crippen molar-refractivity contribution in [3.63, 3.8) is 0 Å². The number of carbonyl (C=O) groups is 1. The van der Waals surface area contributed by atoms with Crippen LogP contribution < -0.4 is 14.6 Å². The predicted molar refractivity (Wildman–Crippen MR) is 97.1 cm³/mol. The lowest BCUT2D eigenvalue weighted by Crippen LogP contribution is -2.51. The first kappa shape index (κ1) is 17.3. The lowest BCUT2D eigenvalue weighted by Gasteiger charge is -2.55. The molecule has 0 radical (unpaired) electrons. The Morgan fingerprint density at radius 2 is 1.72 bits per heavy atom. The molecular formula is C17H21BrN2O4S. The highest BCUT2D eigenvalue weighted by Gasteiger charge is 2.54. The third kappa shape index (κ3) is 3.44. The molecule has 3 N–H and O–H groups in total. The molecule has 136 valence electrons. The number of benzene rings is 1. The molecule has 0 aromatic heterocycles. The van der Waals surface area contributed by atoms with E-state index in [1.54, 1.807) is 12.1 Å². The lowest BCUT2D eigenvalue weighted by molar-refractivity contribution is -0.140. The van der Waals surface area contributed by atoms with Gasteiger partial charge in [0.15, 0.2) is 5.75 Å². The zero-order valence-electron chi connectivity index (χ0n) is 13.7. The molecule has 8 heteroatoms. The minimum absolute atomic E-state index is 0.0929. The van der Waals surface area contributed by atoms with Gasteiger partial charge in [-0.2, -0.15) is 13.6 Å².